The maximum Gasteiger partial charge on any atom is 0.310 e. The number of aryl methyl sites for hydroxylation is 1. The molecule has 0 spiro atoms. The summed E-state index contributed by atoms with van der Waals surface area (Å²) in [5.74, 6) is -1.56. The highest BCUT2D eigenvalue weighted by Crippen LogP contribution is 2.34. The monoisotopic (exact) mass is 309 g/mol. The first-order valence-electron chi connectivity index (χ1n) is 7.64. The van der Waals surface area contributed by atoms with Crippen LogP contribution in [-0.2, 0) is 22.7 Å². The van der Waals surface area contributed by atoms with Crippen molar-refractivity contribution in [1.29, 1.82) is 0 Å². The molecular weight excluding hydrogens is 286 g/mol. The van der Waals surface area contributed by atoms with E-state index in [0.717, 1.165) is 24.9 Å². The number of aliphatic carboxylic acids is 2. The third-order valence-electron chi connectivity index (χ3n) is 4.43. The van der Waals surface area contributed by atoms with E-state index in [-0.39, 0.29) is 6.42 Å². The first-order valence-corrected chi connectivity index (χ1v) is 7.64. The zero-order chi connectivity index (χ0) is 16.2. The van der Waals surface area contributed by atoms with Crippen LogP contribution in [0.2, 0.25) is 0 Å². The molecule has 1 aliphatic heterocycles. The molecule has 7 heteroatoms. The average Bonchev–Trinajstić information content (AvgIpc) is 2.92. The summed E-state index contributed by atoms with van der Waals surface area (Å²) in [6, 6.07) is 0. The molecule has 1 aromatic heterocycles. The summed E-state index contributed by atoms with van der Waals surface area (Å²) in [5, 5.41) is 22.3. The summed E-state index contributed by atoms with van der Waals surface area (Å²) in [7, 11) is 0. The largest absolute Gasteiger partial charge is 0.481 e. The Labute approximate surface area is 129 Å². The summed E-state index contributed by atoms with van der Waals surface area (Å²) in [4.78, 5) is 24.3. The number of likely N-dealkylation sites (tertiary alicyclic amines) is 1. The van der Waals surface area contributed by atoms with Gasteiger partial charge >= 0.3 is 11.9 Å². The zero-order valence-corrected chi connectivity index (χ0v) is 12.9. The van der Waals surface area contributed by atoms with E-state index >= 15 is 0 Å². The Bertz CT molecular complexity index is 543. The average molecular weight is 309 g/mol. The summed E-state index contributed by atoms with van der Waals surface area (Å²) in [6.45, 7) is 4.38. The molecule has 1 aromatic rings. The van der Waals surface area contributed by atoms with Crippen LogP contribution in [0.1, 0.15) is 38.2 Å². The van der Waals surface area contributed by atoms with Gasteiger partial charge in [-0.2, -0.15) is 5.10 Å². The Morgan fingerprint density at radius 2 is 2.18 bits per heavy atom. The van der Waals surface area contributed by atoms with Gasteiger partial charge in [-0.25, -0.2) is 0 Å². The molecule has 122 valence electrons. The summed E-state index contributed by atoms with van der Waals surface area (Å²) >= 11 is 0. The molecule has 2 rings (SSSR count). The normalized spacial score (nSPS) is 22.6. The fourth-order valence-corrected chi connectivity index (χ4v) is 3.06. The molecular formula is C15H23N3O4. The van der Waals surface area contributed by atoms with Crippen molar-refractivity contribution in [3.8, 4) is 0 Å². The summed E-state index contributed by atoms with van der Waals surface area (Å²) < 4.78 is 1.62. The van der Waals surface area contributed by atoms with Crippen LogP contribution in [0.25, 0.3) is 0 Å². The predicted molar refractivity (Wildman–Crippen MR) is 79.4 cm³/mol. The van der Waals surface area contributed by atoms with E-state index in [1.54, 1.807) is 10.9 Å². The summed E-state index contributed by atoms with van der Waals surface area (Å²) in [6.07, 6.45) is 5.86. The van der Waals surface area contributed by atoms with Gasteiger partial charge in [-0.3, -0.25) is 19.2 Å². The molecule has 0 amide bonds. The Kier molecular flexibility index (Phi) is 5.18. The number of rotatable bonds is 7. The van der Waals surface area contributed by atoms with E-state index < -0.39 is 17.4 Å². The topological polar surface area (TPSA) is 95.7 Å². The number of carboxylic acid groups (broad SMARTS) is 2. The maximum absolute atomic E-state index is 11.6. The smallest absolute Gasteiger partial charge is 0.310 e. The second-order valence-electron chi connectivity index (χ2n) is 6.01. The third-order valence-corrected chi connectivity index (χ3v) is 4.43. The molecule has 0 bridgehead atoms. The molecule has 1 atom stereocenters. The maximum atomic E-state index is 11.6. The van der Waals surface area contributed by atoms with Crippen molar-refractivity contribution in [3.63, 3.8) is 0 Å². The summed E-state index contributed by atoms with van der Waals surface area (Å²) in [5.41, 5.74) is 0.347. The lowest BCUT2D eigenvalue weighted by molar-refractivity contribution is -0.153. The van der Waals surface area contributed by atoms with Crippen molar-refractivity contribution in [1.82, 2.24) is 14.7 Å². The standard InChI is InChI=1S/C15H23N3O4/c1-2-15(14(21)22)5-3-6-17(11-15)9-12-8-16-18(10-12)7-4-13(19)20/h8,10H,2-7,9,11H2,1H3,(H,19,20)(H,21,22). The first-order chi connectivity index (χ1) is 10.4. The van der Waals surface area contributed by atoms with Crippen LogP contribution in [0.5, 0.6) is 0 Å². The lowest BCUT2D eigenvalue weighted by Crippen LogP contribution is -2.47. The first kappa shape index (κ1) is 16.5. The molecule has 1 unspecified atom stereocenters. The number of aromatic nitrogens is 2. The molecule has 0 aliphatic carbocycles. The van der Waals surface area contributed by atoms with Gasteiger partial charge in [0, 0.05) is 24.8 Å². The van der Waals surface area contributed by atoms with E-state index in [0.29, 0.717) is 26.1 Å². The molecule has 0 aromatic carbocycles. The zero-order valence-electron chi connectivity index (χ0n) is 12.9. The van der Waals surface area contributed by atoms with Crippen molar-refractivity contribution in [2.45, 2.75) is 45.7 Å². The van der Waals surface area contributed by atoms with Gasteiger partial charge < -0.3 is 10.2 Å². The number of carbonyl (C=O) groups is 2. The number of hydrogen-bond donors (Lipinski definition) is 2. The van der Waals surface area contributed by atoms with Crippen LogP contribution >= 0.6 is 0 Å². The highest BCUT2D eigenvalue weighted by atomic mass is 16.4. The minimum atomic E-state index is -0.845. The van der Waals surface area contributed by atoms with E-state index in [1.807, 2.05) is 13.1 Å². The predicted octanol–water partition coefficient (Wildman–Crippen LogP) is 1.43. The SMILES string of the molecule is CCC1(C(=O)O)CCCN(Cc2cnn(CCC(=O)O)c2)C1. The minimum Gasteiger partial charge on any atom is -0.481 e. The molecule has 0 saturated carbocycles. The molecule has 1 aliphatic rings. The molecule has 2 N–H and O–H groups in total. The van der Waals surface area contributed by atoms with Gasteiger partial charge in [0.25, 0.3) is 0 Å². The number of piperidine rings is 1. The fourth-order valence-electron chi connectivity index (χ4n) is 3.06. The van der Waals surface area contributed by atoms with Gasteiger partial charge in [-0.1, -0.05) is 6.92 Å². The lowest BCUT2D eigenvalue weighted by atomic mass is 9.77. The van der Waals surface area contributed by atoms with Crippen LogP contribution in [0.15, 0.2) is 12.4 Å². The second kappa shape index (κ2) is 6.91. The van der Waals surface area contributed by atoms with Crippen LogP contribution in [0.3, 0.4) is 0 Å². The van der Waals surface area contributed by atoms with Gasteiger partial charge in [0.1, 0.15) is 0 Å². The van der Waals surface area contributed by atoms with Crippen LogP contribution in [0.4, 0.5) is 0 Å². The van der Waals surface area contributed by atoms with Crippen molar-refractivity contribution in [2.24, 2.45) is 5.41 Å². The highest BCUT2D eigenvalue weighted by Gasteiger charge is 2.40. The quantitative estimate of drug-likeness (QED) is 0.791. The Morgan fingerprint density at radius 3 is 2.82 bits per heavy atom. The third kappa shape index (κ3) is 3.85. The Balaban J connectivity index is 1.95. The Morgan fingerprint density at radius 1 is 1.41 bits per heavy atom. The van der Waals surface area contributed by atoms with E-state index in [2.05, 4.69) is 10.00 Å². The van der Waals surface area contributed by atoms with Gasteiger partial charge in [0.15, 0.2) is 0 Å². The van der Waals surface area contributed by atoms with E-state index in [9.17, 15) is 14.7 Å². The number of hydrogen-bond acceptors (Lipinski definition) is 4. The fraction of sp³-hybridized carbons (Fsp3) is 0.667. The highest BCUT2D eigenvalue weighted by molar-refractivity contribution is 5.75. The van der Waals surface area contributed by atoms with Gasteiger partial charge in [-0.15, -0.1) is 0 Å². The van der Waals surface area contributed by atoms with Crippen LogP contribution in [-0.4, -0.2) is 49.9 Å². The van der Waals surface area contributed by atoms with Gasteiger partial charge in [0.2, 0.25) is 0 Å². The molecule has 22 heavy (non-hydrogen) atoms. The molecule has 1 saturated heterocycles. The molecule has 7 nitrogen and oxygen atoms in total. The molecule has 1 fully saturated rings. The minimum absolute atomic E-state index is 0.0444. The second-order valence-corrected chi connectivity index (χ2v) is 6.01. The van der Waals surface area contributed by atoms with Crippen LogP contribution < -0.4 is 0 Å². The van der Waals surface area contributed by atoms with Crippen LogP contribution in [0, 0.1) is 5.41 Å². The number of carboxylic acids is 2. The lowest BCUT2D eigenvalue weighted by Gasteiger charge is -2.39. The van der Waals surface area contributed by atoms with E-state index in [4.69, 9.17) is 5.11 Å². The Hall–Kier alpha value is -1.89. The van der Waals surface area contributed by atoms with Crippen molar-refractivity contribution >= 4 is 11.9 Å². The molecule has 0 radical (unpaired) electrons. The van der Waals surface area contributed by atoms with E-state index in [1.165, 1.54) is 0 Å². The van der Waals surface area contributed by atoms with Crippen molar-refractivity contribution in [3.05, 3.63) is 18.0 Å². The number of nitrogens with zero attached hydrogens (tertiary/aromatic N) is 3. The van der Waals surface area contributed by atoms with Crippen molar-refractivity contribution < 1.29 is 19.8 Å². The molecule has 2 heterocycles. The van der Waals surface area contributed by atoms with Gasteiger partial charge in [-0.05, 0) is 25.8 Å². The van der Waals surface area contributed by atoms with Gasteiger partial charge in [0.05, 0.1) is 24.6 Å². The van der Waals surface area contributed by atoms with Crippen molar-refractivity contribution in [2.75, 3.05) is 13.1 Å².